The SMILES string of the molecule is C/C=C1/C=C\C=C/c2ccccc2C12c1ccccc1-c1ccc(C)cc12. The van der Waals surface area contributed by atoms with Crippen LogP contribution in [0.25, 0.3) is 17.2 Å². The molecule has 0 N–H and O–H groups in total. The first kappa shape index (κ1) is 16.1. The summed E-state index contributed by atoms with van der Waals surface area (Å²) in [5, 5.41) is 0. The van der Waals surface area contributed by atoms with Crippen LogP contribution in [0.5, 0.6) is 0 Å². The summed E-state index contributed by atoms with van der Waals surface area (Å²) in [6, 6.07) is 24.7. The van der Waals surface area contributed by atoms with Crippen molar-refractivity contribution in [3.05, 3.63) is 124 Å². The third-order valence-corrected chi connectivity index (χ3v) is 5.97. The van der Waals surface area contributed by atoms with Gasteiger partial charge in [0.1, 0.15) is 0 Å². The Hall–Kier alpha value is -3.12. The van der Waals surface area contributed by atoms with Crippen molar-refractivity contribution in [2.75, 3.05) is 0 Å². The minimum Gasteiger partial charge on any atom is -0.0828 e. The highest BCUT2D eigenvalue weighted by molar-refractivity contribution is 5.88. The highest BCUT2D eigenvalue weighted by atomic mass is 14.5. The number of fused-ring (bicyclic) bond motifs is 7. The van der Waals surface area contributed by atoms with Gasteiger partial charge in [0.15, 0.2) is 0 Å². The van der Waals surface area contributed by atoms with Crippen LogP contribution in [0, 0.1) is 6.92 Å². The molecule has 0 fully saturated rings. The van der Waals surface area contributed by atoms with Crippen LogP contribution in [0.4, 0.5) is 0 Å². The summed E-state index contributed by atoms with van der Waals surface area (Å²) in [5.41, 5.74) is 10.5. The van der Waals surface area contributed by atoms with Crippen molar-refractivity contribution >= 4 is 6.08 Å². The average Bonchev–Trinajstić information content (AvgIpc) is 2.97. The predicted octanol–water partition coefficient (Wildman–Crippen LogP) is 6.84. The van der Waals surface area contributed by atoms with Gasteiger partial charge in [0.2, 0.25) is 0 Å². The van der Waals surface area contributed by atoms with Crippen molar-refractivity contribution in [3.8, 4) is 11.1 Å². The first-order valence-corrected chi connectivity index (χ1v) is 9.59. The zero-order valence-corrected chi connectivity index (χ0v) is 15.7. The van der Waals surface area contributed by atoms with Crippen LogP contribution >= 0.6 is 0 Å². The highest BCUT2D eigenvalue weighted by Gasteiger charge is 2.47. The third kappa shape index (κ3) is 2.10. The van der Waals surface area contributed by atoms with Gasteiger partial charge in [0.05, 0.1) is 5.41 Å². The fourth-order valence-corrected chi connectivity index (χ4v) is 4.89. The van der Waals surface area contributed by atoms with E-state index in [9.17, 15) is 0 Å². The van der Waals surface area contributed by atoms with Crippen LogP contribution in [0.15, 0.2) is 96.6 Å². The lowest BCUT2D eigenvalue weighted by atomic mass is 9.65. The predicted molar refractivity (Wildman–Crippen MR) is 115 cm³/mol. The van der Waals surface area contributed by atoms with Crippen LogP contribution < -0.4 is 0 Å². The number of rotatable bonds is 0. The molecule has 0 radical (unpaired) electrons. The van der Waals surface area contributed by atoms with Gasteiger partial charge in [-0.15, -0.1) is 0 Å². The van der Waals surface area contributed by atoms with E-state index in [0.29, 0.717) is 0 Å². The van der Waals surface area contributed by atoms with E-state index < -0.39 is 0 Å². The summed E-state index contributed by atoms with van der Waals surface area (Å²) in [7, 11) is 0. The van der Waals surface area contributed by atoms with Gasteiger partial charge in [-0.2, -0.15) is 0 Å². The van der Waals surface area contributed by atoms with Gasteiger partial charge >= 0.3 is 0 Å². The molecule has 0 aliphatic heterocycles. The van der Waals surface area contributed by atoms with Crippen molar-refractivity contribution in [1.29, 1.82) is 0 Å². The summed E-state index contributed by atoms with van der Waals surface area (Å²) in [6.07, 6.45) is 11.1. The summed E-state index contributed by atoms with van der Waals surface area (Å²) in [6.45, 7) is 4.35. The van der Waals surface area contributed by atoms with Crippen molar-refractivity contribution in [1.82, 2.24) is 0 Å². The number of hydrogen-bond donors (Lipinski definition) is 0. The Morgan fingerprint density at radius 2 is 1.41 bits per heavy atom. The Balaban J connectivity index is 2.03. The molecule has 5 rings (SSSR count). The molecule has 0 saturated heterocycles. The molecule has 130 valence electrons. The molecule has 0 amide bonds. The fourth-order valence-electron chi connectivity index (χ4n) is 4.89. The van der Waals surface area contributed by atoms with Gasteiger partial charge in [-0.05, 0) is 52.8 Å². The molecule has 0 nitrogen and oxygen atoms in total. The van der Waals surface area contributed by atoms with Gasteiger partial charge in [-0.25, -0.2) is 0 Å². The number of aryl methyl sites for hydroxylation is 1. The normalized spacial score (nSPS) is 23.3. The van der Waals surface area contributed by atoms with E-state index in [-0.39, 0.29) is 5.41 Å². The van der Waals surface area contributed by atoms with Crippen molar-refractivity contribution in [3.63, 3.8) is 0 Å². The van der Waals surface area contributed by atoms with Gasteiger partial charge < -0.3 is 0 Å². The minimum absolute atomic E-state index is 0.273. The monoisotopic (exact) mass is 346 g/mol. The molecule has 2 aliphatic rings. The van der Waals surface area contributed by atoms with Crippen LogP contribution in [0.1, 0.15) is 34.7 Å². The molecule has 0 aromatic heterocycles. The van der Waals surface area contributed by atoms with Gasteiger partial charge in [0.25, 0.3) is 0 Å². The van der Waals surface area contributed by atoms with E-state index in [1.807, 2.05) is 0 Å². The van der Waals surface area contributed by atoms with E-state index in [2.05, 4.69) is 111 Å². The molecule has 2 aliphatic carbocycles. The van der Waals surface area contributed by atoms with E-state index in [0.717, 1.165) is 0 Å². The topological polar surface area (TPSA) is 0 Å². The molecule has 0 heteroatoms. The molecular formula is C27H22. The quantitative estimate of drug-likeness (QED) is 0.418. The molecule has 1 unspecified atom stereocenters. The lowest BCUT2D eigenvalue weighted by Crippen LogP contribution is -2.30. The van der Waals surface area contributed by atoms with Gasteiger partial charge in [-0.3, -0.25) is 0 Å². The lowest BCUT2D eigenvalue weighted by molar-refractivity contribution is 0.761. The lowest BCUT2D eigenvalue weighted by Gasteiger charge is -2.36. The molecule has 0 heterocycles. The first-order chi connectivity index (χ1) is 13.3. The van der Waals surface area contributed by atoms with E-state index in [4.69, 9.17) is 0 Å². The van der Waals surface area contributed by atoms with Gasteiger partial charge in [0, 0.05) is 0 Å². The Morgan fingerprint density at radius 3 is 2.26 bits per heavy atom. The molecule has 0 saturated carbocycles. The van der Waals surface area contributed by atoms with Crippen LogP contribution in [0.3, 0.4) is 0 Å². The van der Waals surface area contributed by atoms with Gasteiger partial charge in [-0.1, -0.05) is 103 Å². The van der Waals surface area contributed by atoms with Crippen LogP contribution in [0.2, 0.25) is 0 Å². The zero-order valence-electron chi connectivity index (χ0n) is 15.7. The molecule has 3 aromatic rings. The van der Waals surface area contributed by atoms with Crippen molar-refractivity contribution < 1.29 is 0 Å². The second-order valence-corrected chi connectivity index (χ2v) is 7.39. The summed E-state index contributed by atoms with van der Waals surface area (Å²) in [4.78, 5) is 0. The number of benzene rings is 3. The zero-order chi connectivity index (χ0) is 18.4. The van der Waals surface area contributed by atoms with Crippen molar-refractivity contribution in [2.45, 2.75) is 19.3 Å². The Kier molecular flexibility index (Phi) is 3.55. The Bertz CT molecular complexity index is 1140. The minimum atomic E-state index is -0.273. The van der Waals surface area contributed by atoms with Crippen molar-refractivity contribution in [2.24, 2.45) is 0 Å². The Labute approximate surface area is 161 Å². The average molecular weight is 346 g/mol. The van der Waals surface area contributed by atoms with E-state index in [1.165, 1.54) is 44.5 Å². The number of allylic oxidation sites excluding steroid dienone is 5. The highest BCUT2D eigenvalue weighted by Crippen LogP contribution is 2.57. The van der Waals surface area contributed by atoms with E-state index in [1.54, 1.807) is 0 Å². The Morgan fingerprint density at radius 1 is 0.704 bits per heavy atom. The standard InChI is InChI=1S/C27H22/c1-3-21-12-6-4-10-20-11-5-8-14-24(20)27(21)25-15-9-7-13-22(25)23-17-16-19(2)18-26(23)27/h3-18H,1-2H3/b10-4-,12-6-,21-3-. The number of hydrogen-bond acceptors (Lipinski definition) is 0. The molecule has 27 heavy (non-hydrogen) atoms. The second kappa shape index (κ2) is 5.96. The molecule has 0 bridgehead atoms. The molecular weight excluding hydrogens is 324 g/mol. The maximum Gasteiger partial charge on any atom is 0.0716 e. The third-order valence-electron chi connectivity index (χ3n) is 5.97. The maximum absolute atomic E-state index is 2.38. The second-order valence-electron chi connectivity index (χ2n) is 7.39. The molecule has 3 aromatic carbocycles. The van der Waals surface area contributed by atoms with E-state index >= 15 is 0 Å². The summed E-state index contributed by atoms with van der Waals surface area (Å²) < 4.78 is 0. The summed E-state index contributed by atoms with van der Waals surface area (Å²) >= 11 is 0. The largest absolute Gasteiger partial charge is 0.0828 e. The summed E-state index contributed by atoms with van der Waals surface area (Å²) in [5.74, 6) is 0. The van der Waals surface area contributed by atoms with Crippen LogP contribution in [-0.2, 0) is 5.41 Å². The molecule has 1 atom stereocenters. The first-order valence-electron chi connectivity index (χ1n) is 9.59. The molecule has 1 spiro atoms. The fraction of sp³-hybridized carbons (Fsp3) is 0.111. The van der Waals surface area contributed by atoms with Crippen LogP contribution in [-0.4, -0.2) is 0 Å². The maximum atomic E-state index is 2.38. The smallest absolute Gasteiger partial charge is 0.0716 e.